The van der Waals surface area contributed by atoms with E-state index in [1.165, 1.54) is 23.5 Å². The van der Waals surface area contributed by atoms with E-state index >= 15 is 0 Å². The van der Waals surface area contributed by atoms with Crippen LogP contribution in [0.2, 0.25) is 0 Å². The van der Waals surface area contributed by atoms with Crippen LogP contribution in [0.3, 0.4) is 0 Å². The molecule has 2 aromatic heterocycles. The summed E-state index contributed by atoms with van der Waals surface area (Å²) in [7, 11) is 0. The summed E-state index contributed by atoms with van der Waals surface area (Å²) >= 11 is 1.83. The van der Waals surface area contributed by atoms with Gasteiger partial charge in [0.15, 0.2) is 0 Å². The Balaban J connectivity index is 1.24. The van der Waals surface area contributed by atoms with Crippen molar-refractivity contribution < 1.29 is 4.74 Å². The highest BCUT2D eigenvalue weighted by atomic mass is 32.1. The first-order valence-electron chi connectivity index (χ1n) is 8.94. The highest BCUT2D eigenvalue weighted by Crippen LogP contribution is 2.41. The zero-order chi connectivity index (χ0) is 16.4. The van der Waals surface area contributed by atoms with Crippen LogP contribution in [0.15, 0.2) is 17.8 Å². The number of hydrogen-bond donors (Lipinski definition) is 0. The summed E-state index contributed by atoms with van der Waals surface area (Å²) in [5.41, 5.74) is 2.38. The van der Waals surface area contributed by atoms with Crippen molar-refractivity contribution in [1.29, 1.82) is 0 Å². The molecule has 6 heteroatoms. The number of hydrogen-bond acceptors (Lipinski definition) is 6. The molecule has 2 aromatic rings. The minimum atomic E-state index is 0.228. The minimum absolute atomic E-state index is 0.228. The van der Waals surface area contributed by atoms with Gasteiger partial charge in [-0.3, -0.25) is 4.90 Å². The summed E-state index contributed by atoms with van der Waals surface area (Å²) in [6.07, 6.45) is 9.61. The lowest BCUT2D eigenvalue weighted by atomic mass is 10.1. The maximum atomic E-state index is 5.93. The molecule has 5 nitrogen and oxygen atoms in total. The molecule has 4 rings (SSSR count). The Bertz CT molecular complexity index is 660. The minimum Gasteiger partial charge on any atom is -0.460 e. The van der Waals surface area contributed by atoms with Crippen LogP contribution >= 0.6 is 11.3 Å². The van der Waals surface area contributed by atoms with Crippen molar-refractivity contribution in [1.82, 2.24) is 19.9 Å². The molecule has 0 radical (unpaired) electrons. The van der Waals surface area contributed by atoms with E-state index in [0.29, 0.717) is 6.01 Å². The summed E-state index contributed by atoms with van der Waals surface area (Å²) in [6.45, 7) is 5.17. The van der Waals surface area contributed by atoms with Crippen LogP contribution in [0.4, 0.5) is 0 Å². The van der Waals surface area contributed by atoms with Gasteiger partial charge in [0.25, 0.3) is 0 Å². The molecule has 0 N–H and O–H groups in total. The highest BCUT2D eigenvalue weighted by Gasteiger charge is 2.27. The number of aryl methyl sites for hydroxylation is 1. The lowest BCUT2D eigenvalue weighted by molar-refractivity contribution is 0.0886. The van der Waals surface area contributed by atoms with Crippen LogP contribution in [-0.4, -0.2) is 39.0 Å². The van der Waals surface area contributed by atoms with Gasteiger partial charge in [0.1, 0.15) is 6.10 Å². The molecule has 1 aliphatic carbocycles. The van der Waals surface area contributed by atoms with Crippen LogP contribution in [0, 0.1) is 0 Å². The van der Waals surface area contributed by atoms with Crippen molar-refractivity contribution in [2.24, 2.45) is 0 Å². The third-order valence-corrected chi connectivity index (χ3v) is 5.83. The molecule has 0 atom stereocenters. The van der Waals surface area contributed by atoms with Gasteiger partial charge in [-0.2, -0.15) is 0 Å². The smallest absolute Gasteiger partial charge is 0.316 e. The molecule has 0 amide bonds. The molecular formula is C18H24N4OS. The van der Waals surface area contributed by atoms with E-state index in [2.05, 4.69) is 27.2 Å². The molecule has 128 valence electrons. The summed E-state index contributed by atoms with van der Waals surface area (Å²) in [5.74, 6) is 0.766. The Morgan fingerprint density at radius 2 is 1.92 bits per heavy atom. The van der Waals surface area contributed by atoms with Gasteiger partial charge in [-0.05, 0) is 37.7 Å². The van der Waals surface area contributed by atoms with Gasteiger partial charge >= 0.3 is 6.01 Å². The van der Waals surface area contributed by atoms with Crippen LogP contribution in [-0.2, 0) is 13.0 Å². The molecule has 24 heavy (non-hydrogen) atoms. The molecule has 1 aliphatic heterocycles. The molecule has 2 fully saturated rings. The van der Waals surface area contributed by atoms with Gasteiger partial charge in [-0.25, -0.2) is 15.0 Å². The zero-order valence-corrected chi connectivity index (χ0v) is 15.0. The number of likely N-dealkylation sites (tertiary alicyclic amines) is 1. The van der Waals surface area contributed by atoms with Gasteiger partial charge in [-0.1, -0.05) is 6.92 Å². The molecule has 2 aliphatic rings. The first kappa shape index (κ1) is 16.0. The molecule has 0 bridgehead atoms. The Morgan fingerprint density at radius 1 is 1.17 bits per heavy atom. The fourth-order valence-electron chi connectivity index (χ4n) is 3.06. The first-order valence-corrected chi connectivity index (χ1v) is 9.82. The molecular weight excluding hydrogens is 320 g/mol. The summed E-state index contributed by atoms with van der Waals surface area (Å²) in [4.78, 5) is 15.9. The average molecular weight is 344 g/mol. The number of nitrogens with zero attached hydrogens (tertiary/aromatic N) is 4. The molecule has 0 unspecified atom stereocenters. The quantitative estimate of drug-likeness (QED) is 0.804. The second kappa shape index (κ2) is 7.15. The number of rotatable bonds is 6. The summed E-state index contributed by atoms with van der Waals surface area (Å²) in [5, 5.41) is 3.58. The monoisotopic (exact) mass is 344 g/mol. The number of thiazole rings is 1. The van der Waals surface area contributed by atoms with Crippen LogP contribution in [0.5, 0.6) is 6.01 Å². The topological polar surface area (TPSA) is 51.1 Å². The fourth-order valence-corrected chi connectivity index (χ4v) is 4.04. The predicted octanol–water partition coefficient (Wildman–Crippen LogP) is 3.42. The van der Waals surface area contributed by atoms with Crippen LogP contribution in [0.25, 0.3) is 0 Å². The van der Waals surface area contributed by atoms with E-state index in [9.17, 15) is 0 Å². The fraction of sp³-hybridized carbons (Fsp3) is 0.611. The number of piperidine rings is 1. The van der Waals surface area contributed by atoms with Crippen LogP contribution < -0.4 is 4.74 Å². The Hall–Kier alpha value is -1.53. The SMILES string of the molecule is CCc1cnc(OC2CCN(Cc3csc(C4CC4)n3)CC2)nc1. The van der Waals surface area contributed by atoms with Crippen molar-refractivity contribution in [2.45, 2.75) is 57.6 Å². The third-order valence-electron chi connectivity index (χ3n) is 4.78. The Kier molecular flexibility index (Phi) is 4.76. The molecule has 1 saturated heterocycles. The van der Waals surface area contributed by atoms with E-state index in [1.807, 2.05) is 23.7 Å². The van der Waals surface area contributed by atoms with Gasteiger partial charge in [0.05, 0.1) is 10.7 Å². The lowest BCUT2D eigenvalue weighted by Crippen LogP contribution is -2.38. The molecule has 1 saturated carbocycles. The van der Waals surface area contributed by atoms with Crippen molar-refractivity contribution in [3.8, 4) is 6.01 Å². The van der Waals surface area contributed by atoms with E-state index in [-0.39, 0.29) is 6.10 Å². The Morgan fingerprint density at radius 3 is 2.58 bits per heavy atom. The molecule has 3 heterocycles. The van der Waals surface area contributed by atoms with E-state index < -0.39 is 0 Å². The largest absolute Gasteiger partial charge is 0.460 e. The highest BCUT2D eigenvalue weighted by molar-refractivity contribution is 7.09. The number of ether oxygens (including phenoxy) is 1. The van der Waals surface area contributed by atoms with E-state index in [4.69, 9.17) is 9.72 Å². The van der Waals surface area contributed by atoms with Crippen molar-refractivity contribution in [3.05, 3.63) is 34.0 Å². The number of aromatic nitrogens is 3. The van der Waals surface area contributed by atoms with Gasteiger partial charge in [0.2, 0.25) is 0 Å². The standard InChI is InChI=1S/C18H24N4OS/c1-2-13-9-19-18(20-10-13)23-16-5-7-22(8-6-16)11-15-12-24-17(21-15)14-3-4-14/h9-10,12,14,16H,2-8,11H2,1H3. The summed E-state index contributed by atoms with van der Waals surface area (Å²) in [6, 6.07) is 0.513. The van der Waals surface area contributed by atoms with Gasteiger partial charge in [0, 0.05) is 43.3 Å². The normalized spacial score (nSPS) is 19.5. The maximum absolute atomic E-state index is 5.93. The molecule has 0 aromatic carbocycles. The predicted molar refractivity (Wildman–Crippen MR) is 94.4 cm³/mol. The van der Waals surface area contributed by atoms with E-state index in [1.54, 1.807) is 0 Å². The first-order chi connectivity index (χ1) is 11.8. The maximum Gasteiger partial charge on any atom is 0.316 e. The zero-order valence-electron chi connectivity index (χ0n) is 14.1. The van der Waals surface area contributed by atoms with Crippen molar-refractivity contribution >= 4 is 11.3 Å². The second-order valence-electron chi connectivity index (χ2n) is 6.77. The lowest BCUT2D eigenvalue weighted by Gasteiger charge is -2.31. The van der Waals surface area contributed by atoms with Gasteiger partial charge < -0.3 is 4.74 Å². The van der Waals surface area contributed by atoms with Crippen molar-refractivity contribution in [2.75, 3.05) is 13.1 Å². The summed E-state index contributed by atoms with van der Waals surface area (Å²) < 4.78 is 5.93. The van der Waals surface area contributed by atoms with E-state index in [0.717, 1.165) is 50.4 Å². The van der Waals surface area contributed by atoms with Crippen molar-refractivity contribution in [3.63, 3.8) is 0 Å². The molecule has 0 spiro atoms. The van der Waals surface area contributed by atoms with Crippen LogP contribution in [0.1, 0.15) is 54.8 Å². The second-order valence-corrected chi connectivity index (χ2v) is 7.66. The average Bonchev–Trinajstić information content (AvgIpc) is 3.37. The third kappa shape index (κ3) is 3.92. The van der Waals surface area contributed by atoms with Gasteiger partial charge in [-0.15, -0.1) is 11.3 Å². The Labute approximate surface area is 147 Å².